The lowest BCUT2D eigenvalue weighted by Gasteiger charge is -2.05. The van der Waals surface area contributed by atoms with Gasteiger partial charge in [0, 0.05) is 7.05 Å². The minimum absolute atomic E-state index is 0.370. The number of esters is 1. The van der Waals surface area contributed by atoms with Crippen LogP contribution in [0.15, 0.2) is 42.5 Å². The van der Waals surface area contributed by atoms with Crippen molar-refractivity contribution in [3.05, 3.63) is 59.4 Å². The first-order valence-electron chi connectivity index (χ1n) is 6.76. The molecular formula is C17H16N2O2. The predicted octanol–water partition coefficient (Wildman–Crippen LogP) is 3.41. The molecule has 0 aliphatic rings. The smallest absolute Gasteiger partial charge is 0.343 e. The van der Waals surface area contributed by atoms with Crippen LogP contribution in [0.5, 0.6) is 5.75 Å². The van der Waals surface area contributed by atoms with Gasteiger partial charge >= 0.3 is 5.97 Å². The van der Waals surface area contributed by atoms with Gasteiger partial charge in [-0.2, -0.15) is 0 Å². The average molecular weight is 280 g/mol. The second kappa shape index (κ2) is 5.05. The lowest BCUT2D eigenvalue weighted by molar-refractivity contribution is 0.0735. The second-order valence-corrected chi connectivity index (χ2v) is 5.13. The van der Waals surface area contributed by atoms with Crippen LogP contribution < -0.4 is 4.74 Å². The lowest BCUT2D eigenvalue weighted by Crippen LogP contribution is -2.08. The molecule has 0 bridgehead atoms. The molecule has 0 radical (unpaired) electrons. The molecule has 0 unspecified atom stereocenters. The molecule has 2 aromatic carbocycles. The molecule has 0 saturated carbocycles. The third kappa shape index (κ3) is 2.52. The van der Waals surface area contributed by atoms with Crippen molar-refractivity contribution in [1.82, 2.24) is 9.55 Å². The molecule has 106 valence electrons. The Morgan fingerprint density at radius 2 is 1.95 bits per heavy atom. The number of nitrogens with zero attached hydrogens (tertiary/aromatic N) is 2. The highest BCUT2D eigenvalue weighted by molar-refractivity contribution is 5.95. The highest BCUT2D eigenvalue weighted by Gasteiger charge is 2.12. The van der Waals surface area contributed by atoms with E-state index in [0.717, 1.165) is 22.4 Å². The number of aryl methyl sites for hydroxylation is 3. The van der Waals surface area contributed by atoms with Crippen LogP contribution in [0.4, 0.5) is 0 Å². The van der Waals surface area contributed by atoms with Gasteiger partial charge in [0.25, 0.3) is 0 Å². The van der Waals surface area contributed by atoms with Crippen molar-refractivity contribution >= 4 is 17.0 Å². The number of rotatable bonds is 2. The molecule has 1 aromatic heterocycles. The standard InChI is InChI=1S/C17H16N2O2/c1-11-5-4-6-14(9-11)21-17(20)13-7-8-16-15(10-13)18-12(2)19(16)3/h4-10H,1-3H3. The first kappa shape index (κ1) is 13.4. The zero-order valence-corrected chi connectivity index (χ0v) is 12.3. The van der Waals surface area contributed by atoms with Crippen molar-refractivity contribution < 1.29 is 9.53 Å². The van der Waals surface area contributed by atoms with Gasteiger partial charge in [0.2, 0.25) is 0 Å². The minimum Gasteiger partial charge on any atom is -0.423 e. The lowest BCUT2D eigenvalue weighted by atomic mass is 10.2. The molecule has 0 aliphatic heterocycles. The van der Waals surface area contributed by atoms with Gasteiger partial charge in [-0.05, 0) is 49.7 Å². The summed E-state index contributed by atoms with van der Waals surface area (Å²) in [5.74, 6) is 1.09. The van der Waals surface area contributed by atoms with Crippen LogP contribution in [0.1, 0.15) is 21.7 Å². The number of aromatic nitrogens is 2. The monoisotopic (exact) mass is 280 g/mol. The number of carbonyl (C=O) groups excluding carboxylic acids is 1. The van der Waals surface area contributed by atoms with Crippen LogP contribution in [-0.2, 0) is 7.05 Å². The molecule has 1 heterocycles. The molecule has 0 saturated heterocycles. The normalized spacial score (nSPS) is 10.8. The minimum atomic E-state index is -0.370. The van der Waals surface area contributed by atoms with Crippen LogP contribution in [-0.4, -0.2) is 15.5 Å². The molecule has 3 rings (SSSR count). The summed E-state index contributed by atoms with van der Waals surface area (Å²) >= 11 is 0. The Morgan fingerprint density at radius 3 is 2.71 bits per heavy atom. The molecule has 0 fully saturated rings. The molecule has 0 aliphatic carbocycles. The van der Waals surface area contributed by atoms with Gasteiger partial charge in [0.05, 0.1) is 16.6 Å². The summed E-state index contributed by atoms with van der Waals surface area (Å²) in [6.45, 7) is 3.89. The van der Waals surface area contributed by atoms with Gasteiger partial charge in [-0.25, -0.2) is 9.78 Å². The second-order valence-electron chi connectivity index (χ2n) is 5.13. The van der Waals surface area contributed by atoms with E-state index >= 15 is 0 Å². The van der Waals surface area contributed by atoms with Gasteiger partial charge in [-0.3, -0.25) is 0 Å². The van der Waals surface area contributed by atoms with E-state index in [-0.39, 0.29) is 5.97 Å². The van der Waals surface area contributed by atoms with E-state index < -0.39 is 0 Å². The molecule has 4 nitrogen and oxygen atoms in total. The Kier molecular flexibility index (Phi) is 3.22. The summed E-state index contributed by atoms with van der Waals surface area (Å²) in [7, 11) is 1.95. The fourth-order valence-corrected chi connectivity index (χ4v) is 2.29. The van der Waals surface area contributed by atoms with Crippen molar-refractivity contribution in [3.63, 3.8) is 0 Å². The summed E-state index contributed by atoms with van der Waals surface area (Å²) in [4.78, 5) is 16.6. The van der Waals surface area contributed by atoms with E-state index in [4.69, 9.17) is 4.74 Å². The number of hydrogen-bond donors (Lipinski definition) is 0. The van der Waals surface area contributed by atoms with Crippen molar-refractivity contribution in [2.75, 3.05) is 0 Å². The fraction of sp³-hybridized carbons (Fsp3) is 0.176. The highest BCUT2D eigenvalue weighted by Crippen LogP contribution is 2.19. The molecule has 0 N–H and O–H groups in total. The third-order valence-electron chi connectivity index (χ3n) is 3.54. The van der Waals surface area contributed by atoms with Crippen molar-refractivity contribution in [1.29, 1.82) is 0 Å². The zero-order valence-electron chi connectivity index (χ0n) is 12.3. The summed E-state index contributed by atoms with van der Waals surface area (Å²) in [5, 5.41) is 0. The average Bonchev–Trinajstić information content (AvgIpc) is 2.73. The number of ether oxygens (including phenoxy) is 1. The van der Waals surface area contributed by atoms with E-state index in [2.05, 4.69) is 4.98 Å². The Hall–Kier alpha value is -2.62. The largest absolute Gasteiger partial charge is 0.423 e. The fourth-order valence-electron chi connectivity index (χ4n) is 2.29. The van der Waals surface area contributed by atoms with Gasteiger partial charge in [0.15, 0.2) is 0 Å². The van der Waals surface area contributed by atoms with Gasteiger partial charge in [0.1, 0.15) is 11.6 Å². The highest BCUT2D eigenvalue weighted by atomic mass is 16.5. The van der Waals surface area contributed by atoms with Gasteiger partial charge in [-0.15, -0.1) is 0 Å². The summed E-state index contributed by atoms with van der Waals surface area (Å²) in [5.41, 5.74) is 3.35. The third-order valence-corrected chi connectivity index (χ3v) is 3.54. The van der Waals surface area contributed by atoms with Crippen molar-refractivity contribution in [2.24, 2.45) is 7.05 Å². The SMILES string of the molecule is Cc1cccc(OC(=O)c2ccc3c(c2)nc(C)n3C)c1. The number of benzene rings is 2. The molecule has 3 aromatic rings. The molecule has 4 heteroatoms. The Morgan fingerprint density at radius 1 is 1.14 bits per heavy atom. The molecule has 0 spiro atoms. The van der Waals surface area contributed by atoms with Crippen molar-refractivity contribution in [3.8, 4) is 5.75 Å². The van der Waals surface area contributed by atoms with E-state index in [0.29, 0.717) is 11.3 Å². The maximum absolute atomic E-state index is 12.2. The Bertz CT molecular complexity index is 834. The number of imidazole rings is 1. The zero-order chi connectivity index (χ0) is 15.0. The summed E-state index contributed by atoms with van der Waals surface area (Å²) in [6, 6.07) is 12.9. The Balaban J connectivity index is 1.91. The first-order valence-corrected chi connectivity index (χ1v) is 6.76. The van der Waals surface area contributed by atoms with Gasteiger partial charge < -0.3 is 9.30 Å². The van der Waals surface area contributed by atoms with Crippen LogP contribution in [0, 0.1) is 13.8 Å². The first-order chi connectivity index (χ1) is 10.0. The van der Waals surface area contributed by atoms with E-state index in [1.54, 1.807) is 18.2 Å². The number of fused-ring (bicyclic) bond motifs is 1. The quantitative estimate of drug-likeness (QED) is 0.533. The molecule has 21 heavy (non-hydrogen) atoms. The summed E-state index contributed by atoms with van der Waals surface area (Å²) < 4.78 is 7.38. The number of carbonyl (C=O) groups is 1. The van der Waals surface area contributed by atoms with E-state index in [1.807, 2.05) is 49.7 Å². The summed E-state index contributed by atoms with van der Waals surface area (Å²) in [6.07, 6.45) is 0. The molecule has 0 amide bonds. The van der Waals surface area contributed by atoms with E-state index in [1.165, 1.54) is 0 Å². The maximum atomic E-state index is 12.2. The van der Waals surface area contributed by atoms with Gasteiger partial charge in [-0.1, -0.05) is 12.1 Å². The van der Waals surface area contributed by atoms with Crippen LogP contribution in [0.25, 0.3) is 11.0 Å². The topological polar surface area (TPSA) is 44.1 Å². The predicted molar refractivity (Wildman–Crippen MR) is 81.6 cm³/mol. The van der Waals surface area contributed by atoms with Crippen LogP contribution in [0.2, 0.25) is 0 Å². The Labute approximate surface area is 123 Å². The van der Waals surface area contributed by atoms with Crippen molar-refractivity contribution in [2.45, 2.75) is 13.8 Å². The van der Waals surface area contributed by atoms with Crippen LogP contribution in [0.3, 0.4) is 0 Å². The maximum Gasteiger partial charge on any atom is 0.343 e. The number of hydrogen-bond acceptors (Lipinski definition) is 3. The van der Waals surface area contributed by atoms with E-state index in [9.17, 15) is 4.79 Å². The molecular weight excluding hydrogens is 264 g/mol. The molecule has 0 atom stereocenters. The van der Waals surface area contributed by atoms with Crippen LogP contribution >= 0.6 is 0 Å².